The lowest BCUT2D eigenvalue weighted by molar-refractivity contribution is -0.132. The van der Waals surface area contributed by atoms with E-state index in [0.29, 0.717) is 25.6 Å². The second-order valence-electron chi connectivity index (χ2n) is 5.54. The molecule has 1 aliphatic carbocycles. The van der Waals surface area contributed by atoms with E-state index in [1.165, 1.54) is 18.9 Å². The van der Waals surface area contributed by atoms with Crippen molar-refractivity contribution in [3.8, 4) is 5.75 Å². The molecule has 20 heavy (non-hydrogen) atoms. The number of ether oxygens (including phenoxy) is 1. The van der Waals surface area contributed by atoms with E-state index in [2.05, 4.69) is 5.32 Å². The molecule has 4 nitrogen and oxygen atoms in total. The van der Waals surface area contributed by atoms with Gasteiger partial charge in [0.25, 0.3) is 5.91 Å². The lowest BCUT2D eigenvalue weighted by Crippen LogP contribution is -2.30. The number of halogens is 1. The minimum atomic E-state index is -0.559. The fraction of sp³-hybridized carbons (Fsp3) is 0.533. The van der Waals surface area contributed by atoms with Crippen molar-refractivity contribution >= 4 is 5.91 Å². The molecule has 5 heteroatoms. The Bertz CT molecular complexity index is 517. The Morgan fingerprint density at radius 3 is 2.85 bits per heavy atom. The Hall–Kier alpha value is -1.62. The molecular formula is C15H19FN2O2. The first-order valence-corrected chi connectivity index (χ1v) is 7.07. The van der Waals surface area contributed by atoms with E-state index in [9.17, 15) is 9.18 Å². The Labute approximate surface area is 117 Å². The van der Waals surface area contributed by atoms with Gasteiger partial charge in [0, 0.05) is 38.2 Å². The summed E-state index contributed by atoms with van der Waals surface area (Å²) in [7, 11) is 1.74. The van der Waals surface area contributed by atoms with Crippen LogP contribution in [0.5, 0.6) is 5.75 Å². The van der Waals surface area contributed by atoms with Crippen molar-refractivity contribution in [1.82, 2.24) is 10.2 Å². The van der Waals surface area contributed by atoms with Crippen LogP contribution in [0.25, 0.3) is 0 Å². The van der Waals surface area contributed by atoms with Crippen LogP contribution in [0, 0.1) is 5.82 Å². The summed E-state index contributed by atoms with van der Waals surface area (Å²) in [6, 6.07) is 5.44. The fourth-order valence-electron chi connectivity index (χ4n) is 2.41. The zero-order valence-electron chi connectivity index (χ0n) is 11.6. The highest BCUT2D eigenvalue weighted by Crippen LogP contribution is 2.27. The molecule has 1 amide bonds. The van der Waals surface area contributed by atoms with Crippen molar-refractivity contribution < 1.29 is 13.9 Å². The highest BCUT2D eigenvalue weighted by Gasteiger charge is 2.32. The summed E-state index contributed by atoms with van der Waals surface area (Å²) in [5.74, 6) is -0.258. The maximum Gasteiger partial charge on any atom is 0.263 e. The molecular weight excluding hydrogens is 259 g/mol. The molecule has 108 valence electrons. The normalized spacial score (nSPS) is 22.4. The Morgan fingerprint density at radius 2 is 2.20 bits per heavy atom. The Morgan fingerprint density at radius 1 is 1.40 bits per heavy atom. The number of carbonyl (C=O) groups excluding carboxylic acids is 1. The van der Waals surface area contributed by atoms with E-state index < -0.39 is 11.9 Å². The number of likely N-dealkylation sites (tertiary alicyclic amines) is 1. The SMILES string of the molecule is CN1CCC(Oc2c(F)cccc2CNC2CC2)C1=O. The highest BCUT2D eigenvalue weighted by atomic mass is 19.1. The number of benzene rings is 1. The number of rotatable bonds is 5. The maximum atomic E-state index is 14.0. The summed E-state index contributed by atoms with van der Waals surface area (Å²) in [4.78, 5) is 13.5. The second-order valence-corrected chi connectivity index (χ2v) is 5.54. The van der Waals surface area contributed by atoms with Crippen LogP contribution in [0.15, 0.2) is 18.2 Å². The van der Waals surface area contributed by atoms with Crippen LogP contribution in [0.1, 0.15) is 24.8 Å². The third-order valence-electron chi connectivity index (χ3n) is 3.85. The number of nitrogens with one attached hydrogen (secondary N) is 1. The third-order valence-corrected chi connectivity index (χ3v) is 3.85. The summed E-state index contributed by atoms with van der Waals surface area (Å²) in [6.07, 6.45) is 2.41. The van der Waals surface area contributed by atoms with E-state index in [4.69, 9.17) is 4.74 Å². The molecule has 1 saturated heterocycles. The average molecular weight is 278 g/mol. The van der Waals surface area contributed by atoms with E-state index >= 15 is 0 Å². The largest absolute Gasteiger partial charge is 0.477 e. The van der Waals surface area contributed by atoms with Gasteiger partial charge in [0.1, 0.15) is 0 Å². The number of para-hydroxylation sites is 1. The van der Waals surface area contributed by atoms with Gasteiger partial charge in [0.05, 0.1) is 0 Å². The first-order valence-electron chi connectivity index (χ1n) is 7.07. The fourth-order valence-corrected chi connectivity index (χ4v) is 2.41. The topological polar surface area (TPSA) is 41.6 Å². The predicted molar refractivity (Wildman–Crippen MR) is 72.9 cm³/mol. The molecule has 1 aromatic rings. The molecule has 1 aromatic carbocycles. The zero-order valence-corrected chi connectivity index (χ0v) is 11.6. The number of hydrogen-bond donors (Lipinski definition) is 1. The van der Waals surface area contributed by atoms with Crippen molar-refractivity contribution in [2.75, 3.05) is 13.6 Å². The molecule has 0 spiro atoms. The van der Waals surface area contributed by atoms with Crippen LogP contribution in [0.4, 0.5) is 4.39 Å². The summed E-state index contributed by atoms with van der Waals surface area (Å²) in [6.45, 7) is 1.24. The first-order chi connectivity index (χ1) is 9.65. The molecule has 3 rings (SSSR count). The van der Waals surface area contributed by atoms with Gasteiger partial charge in [-0.1, -0.05) is 12.1 Å². The molecule has 2 fully saturated rings. The lowest BCUT2D eigenvalue weighted by atomic mass is 10.2. The predicted octanol–water partition coefficient (Wildman–Crippen LogP) is 1.69. The van der Waals surface area contributed by atoms with Crippen molar-refractivity contribution in [1.29, 1.82) is 0 Å². The number of carbonyl (C=O) groups is 1. The van der Waals surface area contributed by atoms with E-state index in [-0.39, 0.29) is 11.7 Å². The number of hydrogen-bond acceptors (Lipinski definition) is 3. The molecule has 1 aliphatic heterocycles. The number of likely N-dealkylation sites (N-methyl/N-ethyl adjacent to an activating group) is 1. The smallest absolute Gasteiger partial charge is 0.263 e. The number of nitrogens with zero attached hydrogens (tertiary/aromatic N) is 1. The highest BCUT2D eigenvalue weighted by molar-refractivity contribution is 5.83. The minimum absolute atomic E-state index is 0.0747. The van der Waals surface area contributed by atoms with Gasteiger partial charge in [0.2, 0.25) is 0 Å². The Balaban J connectivity index is 1.74. The van der Waals surface area contributed by atoms with Gasteiger partial charge in [0.15, 0.2) is 17.7 Å². The molecule has 1 atom stereocenters. The number of amides is 1. The van der Waals surface area contributed by atoms with Crippen molar-refractivity contribution in [3.05, 3.63) is 29.6 Å². The maximum absolute atomic E-state index is 14.0. The van der Waals surface area contributed by atoms with Crippen LogP contribution in [-0.2, 0) is 11.3 Å². The first kappa shape index (κ1) is 13.4. The molecule has 1 saturated carbocycles. The molecule has 2 aliphatic rings. The molecule has 1 unspecified atom stereocenters. The molecule has 1 heterocycles. The lowest BCUT2D eigenvalue weighted by Gasteiger charge is -2.17. The molecule has 0 radical (unpaired) electrons. The average Bonchev–Trinajstić information content (AvgIpc) is 3.21. The van der Waals surface area contributed by atoms with Crippen LogP contribution >= 0.6 is 0 Å². The Kier molecular flexibility index (Phi) is 3.61. The standard InChI is InChI=1S/C15H19FN2O2/c1-18-8-7-13(15(18)19)20-14-10(3-2-4-12(14)16)9-17-11-5-6-11/h2-4,11,13,17H,5-9H2,1H3. The van der Waals surface area contributed by atoms with Gasteiger partial charge >= 0.3 is 0 Å². The molecule has 0 aromatic heterocycles. The van der Waals surface area contributed by atoms with Gasteiger partial charge in [-0.05, 0) is 18.9 Å². The van der Waals surface area contributed by atoms with Crippen LogP contribution in [-0.4, -0.2) is 36.5 Å². The van der Waals surface area contributed by atoms with Crippen molar-refractivity contribution in [2.45, 2.75) is 38.0 Å². The summed E-state index contributed by atoms with van der Waals surface area (Å²) in [5.41, 5.74) is 0.777. The van der Waals surface area contributed by atoms with Crippen LogP contribution in [0.3, 0.4) is 0 Å². The van der Waals surface area contributed by atoms with Gasteiger partial charge in [-0.3, -0.25) is 4.79 Å². The summed E-state index contributed by atoms with van der Waals surface area (Å²) in [5, 5.41) is 3.34. The molecule has 0 bridgehead atoms. The molecule has 1 N–H and O–H groups in total. The van der Waals surface area contributed by atoms with Gasteiger partial charge in [-0.2, -0.15) is 0 Å². The monoisotopic (exact) mass is 278 g/mol. The van der Waals surface area contributed by atoms with Gasteiger partial charge in [-0.25, -0.2) is 4.39 Å². The van der Waals surface area contributed by atoms with E-state index in [1.807, 2.05) is 6.07 Å². The van der Waals surface area contributed by atoms with Gasteiger partial charge in [-0.15, -0.1) is 0 Å². The van der Waals surface area contributed by atoms with Gasteiger partial charge < -0.3 is 15.0 Å². The quantitative estimate of drug-likeness (QED) is 0.891. The van der Waals surface area contributed by atoms with E-state index in [0.717, 1.165) is 5.56 Å². The summed E-state index contributed by atoms with van der Waals surface area (Å²) >= 11 is 0. The van der Waals surface area contributed by atoms with Crippen molar-refractivity contribution in [2.24, 2.45) is 0 Å². The summed E-state index contributed by atoms with van der Waals surface area (Å²) < 4.78 is 19.7. The second kappa shape index (κ2) is 5.40. The van der Waals surface area contributed by atoms with Crippen LogP contribution in [0.2, 0.25) is 0 Å². The van der Waals surface area contributed by atoms with Crippen LogP contribution < -0.4 is 10.1 Å². The van der Waals surface area contributed by atoms with E-state index in [1.54, 1.807) is 18.0 Å². The zero-order chi connectivity index (χ0) is 14.1. The third kappa shape index (κ3) is 2.77. The minimum Gasteiger partial charge on any atom is -0.477 e. The van der Waals surface area contributed by atoms with Crippen molar-refractivity contribution in [3.63, 3.8) is 0 Å².